The number of aromatic nitrogens is 2. The molecule has 1 aliphatic heterocycles. The molecule has 1 aromatic heterocycles. The van der Waals surface area contributed by atoms with Crippen LogP contribution in [0, 0.1) is 12.8 Å². The van der Waals surface area contributed by atoms with E-state index in [0.717, 1.165) is 72.2 Å². The molecule has 0 spiro atoms. The average Bonchev–Trinajstić information content (AvgIpc) is 3.19. The van der Waals surface area contributed by atoms with Gasteiger partial charge in [0.25, 0.3) is 0 Å². The lowest BCUT2D eigenvalue weighted by Crippen LogP contribution is -2.40. The number of aryl methyl sites for hydroxylation is 1. The van der Waals surface area contributed by atoms with Crippen molar-refractivity contribution in [3.8, 4) is 0 Å². The first kappa shape index (κ1) is 22.6. The first-order valence-corrected chi connectivity index (χ1v) is 12.2. The highest BCUT2D eigenvalue weighted by Crippen LogP contribution is 2.24. The number of hydrogen-bond donors (Lipinski definition) is 1. The summed E-state index contributed by atoms with van der Waals surface area (Å²) in [6, 6.07) is 24.2. The number of carbonyl (C=O) groups excluding carboxylic acids is 1. The zero-order valence-corrected chi connectivity index (χ0v) is 20.1. The smallest absolute Gasteiger partial charge is 0.228 e. The van der Waals surface area contributed by atoms with Gasteiger partial charge in [-0.15, -0.1) is 0 Å². The van der Waals surface area contributed by atoms with Crippen molar-refractivity contribution in [2.75, 3.05) is 18.4 Å². The van der Waals surface area contributed by atoms with Gasteiger partial charge in [-0.25, -0.2) is 4.98 Å². The zero-order chi connectivity index (χ0) is 23.5. The molecule has 1 aliphatic rings. The molecule has 5 rings (SSSR count). The minimum atomic E-state index is -0.0255. The molecule has 0 saturated carbocycles. The van der Waals surface area contributed by atoms with E-state index in [1.807, 2.05) is 49.4 Å². The van der Waals surface area contributed by atoms with E-state index < -0.39 is 0 Å². The Balaban J connectivity index is 1.34. The summed E-state index contributed by atoms with van der Waals surface area (Å²) in [7, 11) is 0. The van der Waals surface area contributed by atoms with Gasteiger partial charge in [0, 0.05) is 23.8 Å². The Kier molecular flexibility index (Phi) is 6.66. The van der Waals surface area contributed by atoms with Crippen LogP contribution in [-0.4, -0.2) is 33.4 Å². The number of benzene rings is 3. The second-order valence-corrected chi connectivity index (χ2v) is 9.54. The van der Waals surface area contributed by atoms with E-state index in [1.54, 1.807) is 0 Å². The molecule has 1 fully saturated rings. The molecule has 0 aliphatic carbocycles. The van der Waals surface area contributed by atoms with Crippen LogP contribution in [0.1, 0.15) is 29.8 Å². The highest BCUT2D eigenvalue weighted by molar-refractivity contribution is 6.30. The van der Waals surface area contributed by atoms with Gasteiger partial charge in [-0.1, -0.05) is 54.1 Å². The van der Waals surface area contributed by atoms with Gasteiger partial charge in [-0.3, -0.25) is 9.69 Å². The normalized spacial score (nSPS) is 16.6. The minimum absolute atomic E-state index is 0.0255. The van der Waals surface area contributed by atoms with Gasteiger partial charge < -0.3 is 9.88 Å². The van der Waals surface area contributed by atoms with Gasteiger partial charge in [0.2, 0.25) is 5.91 Å². The van der Waals surface area contributed by atoms with E-state index in [1.165, 1.54) is 5.56 Å². The number of hydrogen-bond acceptors (Lipinski definition) is 3. The standard InChI is InChI=1S/C28H29ClN4O/c1-20-7-2-3-9-24(20)31-28(34)22-8-6-16-32(18-22)19-27-30-25-10-4-5-11-26(25)33(27)17-21-12-14-23(29)15-13-21/h2-5,7,9-15,22H,6,8,16-19H2,1H3,(H,31,34)/t22-/m1/s1. The van der Waals surface area contributed by atoms with Crippen molar-refractivity contribution in [2.24, 2.45) is 5.92 Å². The fourth-order valence-electron chi connectivity index (χ4n) is 4.76. The Labute approximate surface area is 205 Å². The summed E-state index contributed by atoms with van der Waals surface area (Å²) < 4.78 is 2.29. The van der Waals surface area contributed by atoms with Crippen LogP contribution in [0.5, 0.6) is 0 Å². The predicted octanol–water partition coefficient (Wildman–Crippen LogP) is 5.90. The van der Waals surface area contributed by atoms with Gasteiger partial charge in [0.05, 0.1) is 23.5 Å². The van der Waals surface area contributed by atoms with E-state index in [0.29, 0.717) is 0 Å². The fourth-order valence-corrected chi connectivity index (χ4v) is 4.88. The lowest BCUT2D eigenvalue weighted by molar-refractivity contribution is -0.121. The maximum absolute atomic E-state index is 13.0. The van der Waals surface area contributed by atoms with Crippen molar-refractivity contribution < 1.29 is 4.79 Å². The molecule has 1 saturated heterocycles. The topological polar surface area (TPSA) is 50.2 Å². The van der Waals surface area contributed by atoms with Crippen LogP contribution < -0.4 is 5.32 Å². The molecule has 0 bridgehead atoms. The van der Waals surface area contributed by atoms with Gasteiger partial charge in [0.1, 0.15) is 5.82 Å². The van der Waals surface area contributed by atoms with Crippen molar-refractivity contribution in [3.63, 3.8) is 0 Å². The minimum Gasteiger partial charge on any atom is -0.326 e. The molecule has 3 aromatic carbocycles. The van der Waals surface area contributed by atoms with Crippen LogP contribution in [0.25, 0.3) is 11.0 Å². The number of carbonyl (C=O) groups is 1. The van der Waals surface area contributed by atoms with Gasteiger partial charge in [0.15, 0.2) is 0 Å². The Bertz CT molecular complexity index is 1300. The Morgan fingerprint density at radius 3 is 2.62 bits per heavy atom. The number of fused-ring (bicyclic) bond motifs is 1. The lowest BCUT2D eigenvalue weighted by atomic mass is 9.97. The average molecular weight is 473 g/mol. The molecule has 2 heterocycles. The van der Waals surface area contributed by atoms with Crippen molar-refractivity contribution in [1.82, 2.24) is 14.5 Å². The molecular weight excluding hydrogens is 444 g/mol. The van der Waals surface area contributed by atoms with Gasteiger partial charge in [-0.2, -0.15) is 0 Å². The predicted molar refractivity (Wildman–Crippen MR) is 138 cm³/mol. The Morgan fingerprint density at radius 2 is 1.79 bits per heavy atom. The monoisotopic (exact) mass is 472 g/mol. The number of para-hydroxylation sites is 3. The Morgan fingerprint density at radius 1 is 1.03 bits per heavy atom. The molecule has 5 nitrogen and oxygen atoms in total. The number of likely N-dealkylation sites (tertiary alicyclic amines) is 1. The number of nitrogens with one attached hydrogen (secondary N) is 1. The number of anilines is 1. The molecule has 34 heavy (non-hydrogen) atoms. The summed E-state index contributed by atoms with van der Waals surface area (Å²) in [5, 5.41) is 3.88. The summed E-state index contributed by atoms with van der Waals surface area (Å²) in [5.74, 6) is 1.10. The summed E-state index contributed by atoms with van der Waals surface area (Å²) in [6.07, 6.45) is 1.92. The molecule has 1 atom stereocenters. The highest BCUT2D eigenvalue weighted by atomic mass is 35.5. The van der Waals surface area contributed by atoms with Crippen molar-refractivity contribution in [3.05, 3.63) is 94.8 Å². The van der Waals surface area contributed by atoms with Crippen LogP contribution >= 0.6 is 11.6 Å². The van der Waals surface area contributed by atoms with E-state index in [4.69, 9.17) is 16.6 Å². The van der Waals surface area contributed by atoms with E-state index in [2.05, 4.69) is 45.1 Å². The number of nitrogens with zero attached hydrogens (tertiary/aromatic N) is 3. The number of imidazole rings is 1. The number of rotatable bonds is 6. The van der Waals surface area contributed by atoms with Gasteiger partial charge in [-0.05, 0) is 67.8 Å². The summed E-state index contributed by atoms with van der Waals surface area (Å²) >= 11 is 6.09. The fraction of sp³-hybridized carbons (Fsp3) is 0.286. The second kappa shape index (κ2) is 10.00. The molecule has 1 N–H and O–H groups in total. The summed E-state index contributed by atoms with van der Waals surface area (Å²) in [5.41, 5.74) is 5.28. The number of halogens is 1. The summed E-state index contributed by atoms with van der Waals surface area (Å²) in [4.78, 5) is 20.4. The van der Waals surface area contributed by atoms with E-state index in [-0.39, 0.29) is 11.8 Å². The van der Waals surface area contributed by atoms with E-state index >= 15 is 0 Å². The van der Waals surface area contributed by atoms with Crippen LogP contribution in [0.15, 0.2) is 72.8 Å². The quantitative estimate of drug-likeness (QED) is 0.380. The van der Waals surface area contributed by atoms with Crippen molar-refractivity contribution >= 4 is 34.2 Å². The molecule has 0 radical (unpaired) electrons. The van der Waals surface area contributed by atoms with E-state index in [9.17, 15) is 4.79 Å². The van der Waals surface area contributed by atoms with Crippen LogP contribution in [0.4, 0.5) is 5.69 Å². The molecule has 6 heteroatoms. The van der Waals surface area contributed by atoms with Crippen LogP contribution in [-0.2, 0) is 17.9 Å². The third-order valence-corrected chi connectivity index (χ3v) is 6.88. The Hall–Kier alpha value is -3.15. The first-order valence-electron chi connectivity index (χ1n) is 11.8. The van der Waals surface area contributed by atoms with Crippen LogP contribution in [0.2, 0.25) is 5.02 Å². The highest BCUT2D eigenvalue weighted by Gasteiger charge is 2.27. The summed E-state index contributed by atoms with van der Waals surface area (Å²) in [6.45, 7) is 5.18. The number of amides is 1. The van der Waals surface area contributed by atoms with Crippen molar-refractivity contribution in [2.45, 2.75) is 32.9 Å². The molecule has 174 valence electrons. The second-order valence-electron chi connectivity index (χ2n) is 9.11. The maximum Gasteiger partial charge on any atom is 0.228 e. The SMILES string of the molecule is Cc1ccccc1NC(=O)[C@@H]1CCCN(Cc2nc3ccccc3n2Cc2ccc(Cl)cc2)C1. The molecular formula is C28H29ClN4O. The molecule has 0 unspecified atom stereocenters. The lowest BCUT2D eigenvalue weighted by Gasteiger charge is -2.32. The first-order chi connectivity index (χ1) is 16.6. The maximum atomic E-state index is 13.0. The number of piperidine rings is 1. The van der Waals surface area contributed by atoms with Crippen LogP contribution in [0.3, 0.4) is 0 Å². The largest absolute Gasteiger partial charge is 0.326 e. The van der Waals surface area contributed by atoms with Crippen molar-refractivity contribution in [1.29, 1.82) is 0 Å². The van der Waals surface area contributed by atoms with Gasteiger partial charge >= 0.3 is 0 Å². The third kappa shape index (κ3) is 5.01. The molecule has 1 amide bonds. The zero-order valence-electron chi connectivity index (χ0n) is 19.4. The third-order valence-electron chi connectivity index (χ3n) is 6.63. The molecule has 4 aromatic rings.